The van der Waals surface area contributed by atoms with Crippen molar-refractivity contribution >= 4 is 47.0 Å². The van der Waals surface area contributed by atoms with Gasteiger partial charge >= 0.3 is 0 Å². The third-order valence-electron chi connectivity index (χ3n) is 5.57. The van der Waals surface area contributed by atoms with Gasteiger partial charge in [0.15, 0.2) is 5.96 Å². The van der Waals surface area contributed by atoms with Crippen LogP contribution < -0.4 is 15.5 Å². The smallest absolute Gasteiger partial charge is 0.191 e. The molecule has 6 nitrogen and oxygen atoms in total. The number of benzene rings is 1. The van der Waals surface area contributed by atoms with Gasteiger partial charge in [0.05, 0.1) is 10.7 Å². The molecule has 1 saturated heterocycles. The maximum absolute atomic E-state index is 4.50. The third kappa shape index (κ3) is 7.09. The van der Waals surface area contributed by atoms with Gasteiger partial charge in [-0.3, -0.25) is 9.89 Å². The van der Waals surface area contributed by atoms with Gasteiger partial charge in [-0.2, -0.15) is 0 Å². The van der Waals surface area contributed by atoms with Crippen molar-refractivity contribution in [1.82, 2.24) is 20.5 Å². The van der Waals surface area contributed by atoms with E-state index in [0.717, 1.165) is 68.9 Å². The van der Waals surface area contributed by atoms with Crippen molar-refractivity contribution in [2.45, 2.75) is 27.2 Å². The van der Waals surface area contributed by atoms with Crippen LogP contribution in [0.2, 0.25) is 0 Å². The Morgan fingerprint density at radius 2 is 1.83 bits per heavy atom. The number of rotatable bonds is 7. The molecule has 0 aliphatic carbocycles. The van der Waals surface area contributed by atoms with E-state index in [1.165, 1.54) is 16.8 Å². The lowest BCUT2D eigenvalue weighted by atomic mass is 10.1. The lowest BCUT2D eigenvalue weighted by Crippen LogP contribution is -2.49. The zero-order valence-corrected chi connectivity index (χ0v) is 21.7. The van der Waals surface area contributed by atoms with E-state index in [1.54, 1.807) is 11.3 Å². The normalized spacial score (nSPS) is 15.1. The fourth-order valence-electron chi connectivity index (χ4n) is 3.68. The molecule has 0 unspecified atom stereocenters. The largest absolute Gasteiger partial charge is 0.369 e. The van der Waals surface area contributed by atoms with E-state index in [-0.39, 0.29) is 24.0 Å². The highest BCUT2D eigenvalue weighted by Crippen LogP contribution is 2.23. The van der Waals surface area contributed by atoms with Crippen LogP contribution in [0.1, 0.15) is 21.8 Å². The molecule has 0 atom stereocenters. The van der Waals surface area contributed by atoms with Gasteiger partial charge in [0, 0.05) is 70.3 Å². The lowest BCUT2D eigenvalue weighted by Gasteiger charge is -2.37. The Morgan fingerprint density at radius 3 is 2.50 bits per heavy atom. The third-order valence-corrected chi connectivity index (χ3v) is 6.40. The van der Waals surface area contributed by atoms with E-state index in [4.69, 9.17) is 0 Å². The first kappa shape index (κ1) is 24.9. The molecule has 2 N–H and O–H groups in total. The summed E-state index contributed by atoms with van der Waals surface area (Å²) < 4.78 is 0. The maximum atomic E-state index is 4.50. The molecule has 30 heavy (non-hydrogen) atoms. The molecular formula is C22H35IN6S. The molecule has 0 saturated carbocycles. The predicted octanol–water partition coefficient (Wildman–Crippen LogP) is 3.22. The molecule has 1 fully saturated rings. The van der Waals surface area contributed by atoms with Crippen molar-refractivity contribution < 1.29 is 0 Å². The number of aliphatic imine (C=N–C) groups is 1. The Bertz CT molecular complexity index is 814. The first-order valence-corrected chi connectivity index (χ1v) is 11.3. The van der Waals surface area contributed by atoms with Crippen LogP contribution in [0.25, 0.3) is 0 Å². The monoisotopic (exact) mass is 542 g/mol. The van der Waals surface area contributed by atoms with E-state index in [2.05, 4.69) is 67.8 Å². The topological polar surface area (TPSA) is 55.8 Å². The summed E-state index contributed by atoms with van der Waals surface area (Å²) >= 11 is 1.70. The predicted molar refractivity (Wildman–Crippen MR) is 140 cm³/mol. The summed E-state index contributed by atoms with van der Waals surface area (Å²) in [7, 11) is 1.82. The number of anilines is 1. The first-order chi connectivity index (χ1) is 14.1. The standard InChI is InChI=1S/C22H34N6S.HI/c1-17-6-5-7-21(18(17)2)28-14-12-27(13-15-28)11-10-25-22(23-4)24-9-8-20-16-29-19(3)26-20;/h5-7,16H,8-15H2,1-4H3,(H2,23,24,25);1H. The van der Waals surface area contributed by atoms with E-state index in [0.29, 0.717) is 0 Å². The summed E-state index contributed by atoms with van der Waals surface area (Å²) in [4.78, 5) is 13.9. The molecule has 0 radical (unpaired) electrons. The number of piperazine rings is 1. The fraction of sp³-hybridized carbons (Fsp3) is 0.545. The van der Waals surface area contributed by atoms with Crippen LogP contribution in [-0.4, -0.2) is 68.7 Å². The minimum Gasteiger partial charge on any atom is -0.369 e. The summed E-state index contributed by atoms with van der Waals surface area (Å²) in [6.07, 6.45) is 0.922. The summed E-state index contributed by atoms with van der Waals surface area (Å²) in [5, 5.41) is 10.1. The van der Waals surface area contributed by atoms with Gasteiger partial charge in [-0.25, -0.2) is 4.98 Å². The molecule has 166 valence electrons. The molecule has 2 heterocycles. The van der Waals surface area contributed by atoms with Gasteiger partial charge in [-0.05, 0) is 38.0 Å². The van der Waals surface area contributed by atoms with Gasteiger partial charge in [0.2, 0.25) is 0 Å². The molecular weight excluding hydrogens is 507 g/mol. The number of halogens is 1. The highest BCUT2D eigenvalue weighted by molar-refractivity contribution is 14.0. The Morgan fingerprint density at radius 1 is 1.10 bits per heavy atom. The highest BCUT2D eigenvalue weighted by atomic mass is 127. The van der Waals surface area contributed by atoms with Gasteiger partial charge in [-0.1, -0.05) is 12.1 Å². The average Bonchev–Trinajstić information content (AvgIpc) is 3.14. The van der Waals surface area contributed by atoms with Crippen molar-refractivity contribution in [3.63, 3.8) is 0 Å². The molecule has 0 spiro atoms. The summed E-state index contributed by atoms with van der Waals surface area (Å²) in [5.74, 6) is 0.867. The minimum atomic E-state index is 0. The lowest BCUT2D eigenvalue weighted by molar-refractivity contribution is 0.261. The van der Waals surface area contributed by atoms with Crippen molar-refractivity contribution in [3.05, 3.63) is 45.4 Å². The Hall–Kier alpha value is -1.39. The van der Waals surface area contributed by atoms with Crippen molar-refractivity contribution in [2.24, 2.45) is 4.99 Å². The van der Waals surface area contributed by atoms with E-state index in [9.17, 15) is 0 Å². The second-order valence-electron chi connectivity index (χ2n) is 7.58. The SMILES string of the molecule is CN=C(NCCc1csc(C)n1)NCCN1CCN(c2cccc(C)c2C)CC1.I. The Kier molecular flexibility index (Phi) is 10.3. The number of nitrogens with zero attached hydrogens (tertiary/aromatic N) is 4. The molecule has 0 amide bonds. The number of aromatic nitrogens is 1. The second-order valence-corrected chi connectivity index (χ2v) is 8.64. The van der Waals surface area contributed by atoms with E-state index in [1.807, 2.05) is 14.0 Å². The fourth-order valence-corrected chi connectivity index (χ4v) is 4.32. The quantitative estimate of drug-likeness (QED) is 0.320. The van der Waals surface area contributed by atoms with Crippen LogP contribution in [0, 0.1) is 20.8 Å². The molecule has 2 aromatic rings. The van der Waals surface area contributed by atoms with Crippen LogP contribution in [0.15, 0.2) is 28.6 Å². The average molecular weight is 543 g/mol. The van der Waals surface area contributed by atoms with E-state index >= 15 is 0 Å². The van der Waals surface area contributed by atoms with Crippen molar-refractivity contribution in [3.8, 4) is 0 Å². The number of thiazole rings is 1. The second kappa shape index (κ2) is 12.5. The zero-order chi connectivity index (χ0) is 20.6. The molecule has 1 aromatic carbocycles. The maximum Gasteiger partial charge on any atom is 0.191 e. The van der Waals surface area contributed by atoms with Crippen LogP contribution in [0.3, 0.4) is 0 Å². The number of aryl methyl sites for hydroxylation is 2. The van der Waals surface area contributed by atoms with Crippen LogP contribution >= 0.6 is 35.3 Å². The van der Waals surface area contributed by atoms with Gasteiger partial charge in [-0.15, -0.1) is 35.3 Å². The van der Waals surface area contributed by atoms with Gasteiger partial charge < -0.3 is 15.5 Å². The summed E-state index contributed by atoms with van der Waals surface area (Å²) in [6, 6.07) is 6.61. The number of hydrogen-bond acceptors (Lipinski definition) is 5. The molecule has 8 heteroatoms. The Balaban J connectivity index is 0.00000320. The molecule has 1 aliphatic rings. The van der Waals surface area contributed by atoms with Gasteiger partial charge in [0.25, 0.3) is 0 Å². The summed E-state index contributed by atoms with van der Waals surface area (Å²) in [5.41, 5.74) is 5.32. The van der Waals surface area contributed by atoms with Crippen LogP contribution in [-0.2, 0) is 6.42 Å². The van der Waals surface area contributed by atoms with Gasteiger partial charge in [0.1, 0.15) is 0 Å². The first-order valence-electron chi connectivity index (χ1n) is 10.5. The number of hydrogen-bond donors (Lipinski definition) is 2. The van der Waals surface area contributed by atoms with Crippen LogP contribution in [0.5, 0.6) is 0 Å². The van der Waals surface area contributed by atoms with Crippen LogP contribution in [0.4, 0.5) is 5.69 Å². The molecule has 1 aromatic heterocycles. The van der Waals surface area contributed by atoms with Crippen molar-refractivity contribution in [2.75, 3.05) is 57.8 Å². The molecule has 1 aliphatic heterocycles. The van der Waals surface area contributed by atoms with Crippen molar-refractivity contribution in [1.29, 1.82) is 0 Å². The molecule has 0 bridgehead atoms. The molecule has 3 rings (SSSR count). The number of guanidine groups is 1. The zero-order valence-electron chi connectivity index (χ0n) is 18.6. The summed E-state index contributed by atoms with van der Waals surface area (Å²) in [6.45, 7) is 13.6. The Labute approximate surface area is 202 Å². The highest BCUT2D eigenvalue weighted by Gasteiger charge is 2.18. The number of nitrogens with one attached hydrogen (secondary N) is 2. The minimum absolute atomic E-state index is 0. The van der Waals surface area contributed by atoms with E-state index < -0.39 is 0 Å².